The number of rotatable bonds is 4. The van der Waals surface area contributed by atoms with Gasteiger partial charge in [0.25, 0.3) is 6.43 Å². The molecule has 3 nitrogen and oxygen atoms in total. The molecule has 0 bridgehead atoms. The monoisotopic (exact) mass is 274 g/mol. The summed E-state index contributed by atoms with van der Waals surface area (Å²) in [6.45, 7) is 2.40. The maximum Gasteiger partial charge on any atom is 0.258 e. The van der Waals surface area contributed by atoms with E-state index in [1.165, 1.54) is 19.2 Å². The second kappa shape index (κ2) is 6.25. The first-order valence-electron chi connectivity index (χ1n) is 6.20. The van der Waals surface area contributed by atoms with Crippen LogP contribution in [-0.2, 0) is 0 Å². The van der Waals surface area contributed by atoms with E-state index in [1.54, 1.807) is 4.90 Å². The van der Waals surface area contributed by atoms with E-state index in [0.29, 0.717) is 26.2 Å². The second-order valence-electron chi connectivity index (χ2n) is 4.46. The van der Waals surface area contributed by atoms with Gasteiger partial charge in [0.2, 0.25) is 0 Å². The topological polar surface area (TPSA) is 24.5 Å². The van der Waals surface area contributed by atoms with Gasteiger partial charge in [0.1, 0.15) is 0 Å². The molecule has 19 heavy (non-hydrogen) atoms. The second-order valence-corrected chi connectivity index (χ2v) is 4.46. The fraction of sp³-hybridized carbons (Fsp3) is 0.538. The number of benzene rings is 1. The van der Waals surface area contributed by atoms with E-state index < -0.39 is 18.3 Å². The summed E-state index contributed by atoms with van der Waals surface area (Å²) in [5.41, 5.74) is 0.287. The molecule has 1 aromatic carbocycles. The smallest absolute Gasteiger partial charge is 0.258 e. The van der Waals surface area contributed by atoms with Crippen molar-refractivity contribution in [3.05, 3.63) is 29.6 Å². The highest BCUT2D eigenvalue weighted by Crippen LogP contribution is 2.30. The van der Waals surface area contributed by atoms with Crippen molar-refractivity contribution in [2.75, 3.05) is 33.3 Å². The zero-order chi connectivity index (χ0) is 13.8. The number of hydrogen-bond acceptors (Lipinski definition) is 3. The summed E-state index contributed by atoms with van der Waals surface area (Å²) in [7, 11) is 1.35. The highest BCUT2D eigenvalue weighted by atomic mass is 19.3. The molecule has 0 aliphatic carbocycles. The molecule has 1 aliphatic heterocycles. The Labute approximate surface area is 110 Å². The van der Waals surface area contributed by atoms with Gasteiger partial charge in [-0.3, -0.25) is 4.90 Å². The molecule has 1 atom stereocenters. The molecule has 0 spiro atoms. The Morgan fingerprint density at radius 1 is 1.26 bits per heavy atom. The van der Waals surface area contributed by atoms with Crippen LogP contribution in [0.15, 0.2) is 18.2 Å². The van der Waals surface area contributed by atoms with Crippen LogP contribution in [0.5, 0.6) is 5.75 Å². The molecule has 1 saturated heterocycles. The molecule has 1 aliphatic rings. The van der Waals surface area contributed by atoms with Gasteiger partial charge in [-0.1, -0.05) is 6.07 Å². The van der Waals surface area contributed by atoms with Crippen LogP contribution in [0.25, 0.3) is 0 Å². The number of nitrogens with zero attached hydrogens (tertiary/aromatic N) is 1. The van der Waals surface area contributed by atoms with Gasteiger partial charge in [-0.2, -0.15) is 0 Å². The Bertz CT molecular complexity index is 422. The van der Waals surface area contributed by atoms with Crippen molar-refractivity contribution < 1.29 is 17.9 Å². The number of hydrogen-bond donors (Lipinski definition) is 1. The van der Waals surface area contributed by atoms with Gasteiger partial charge >= 0.3 is 0 Å². The maximum absolute atomic E-state index is 13.6. The van der Waals surface area contributed by atoms with Gasteiger partial charge in [-0.25, -0.2) is 13.2 Å². The van der Waals surface area contributed by atoms with E-state index in [2.05, 4.69) is 5.32 Å². The molecule has 106 valence electrons. The van der Waals surface area contributed by atoms with Crippen LogP contribution in [0.4, 0.5) is 13.2 Å². The van der Waals surface area contributed by atoms with Crippen LogP contribution in [0.3, 0.4) is 0 Å². The minimum atomic E-state index is -2.55. The number of halogens is 3. The predicted molar refractivity (Wildman–Crippen MR) is 66.1 cm³/mol. The summed E-state index contributed by atoms with van der Waals surface area (Å²) in [4.78, 5) is 1.68. The molecular weight excluding hydrogens is 257 g/mol. The molecule has 0 radical (unpaired) electrons. The summed E-state index contributed by atoms with van der Waals surface area (Å²) >= 11 is 0. The molecule has 1 N–H and O–H groups in total. The van der Waals surface area contributed by atoms with E-state index >= 15 is 0 Å². The van der Waals surface area contributed by atoms with Crippen molar-refractivity contribution >= 4 is 0 Å². The molecule has 0 aromatic heterocycles. The third-order valence-corrected chi connectivity index (χ3v) is 3.30. The summed E-state index contributed by atoms with van der Waals surface area (Å²) in [6, 6.07) is 2.96. The van der Waals surface area contributed by atoms with Crippen LogP contribution in [-0.4, -0.2) is 44.6 Å². The lowest BCUT2D eigenvalue weighted by Gasteiger charge is -2.34. The van der Waals surface area contributed by atoms with E-state index in [4.69, 9.17) is 4.74 Å². The average Bonchev–Trinajstić information content (AvgIpc) is 2.40. The summed E-state index contributed by atoms with van der Waals surface area (Å²) < 4.78 is 45.0. The molecule has 0 saturated carbocycles. The standard InChI is InChI=1S/C13H17F3N2O/c1-19-11-3-2-9(8-10(11)14)12(13(15)16)18-6-4-17-5-7-18/h2-3,8,12-13,17H,4-7H2,1H3/t12-/m0/s1. The lowest BCUT2D eigenvalue weighted by atomic mass is 10.0. The zero-order valence-corrected chi connectivity index (χ0v) is 10.7. The zero-order valence-electron chi connectivity index (χ0n) is 10.7. The summed E-state index contributed by atoms with van der Waals surface area (Å²) in [6.07, 6.45) is -2.55. The van der Waals surface area contributed by atoms with E-state index in [0.717, 1.165) is 6.07 Å². The lowest BCUT2D eigenvalue weighted by Crippen LogP contribution is -2.46. The van der Waals surface area contributed by atoms with Crippen LogP contribution < -0.4 is 10.1 Å². The Hall–Kier alpha value is -1.27. The minimum Gasteiger partial charge on any atom is -0.494 e. The molecule has 6 heteroatoms. The molecule has 0 amide bonds. The number of nitrogens with one attached hydrogen (secondary N) is 1. The van der Waals surface area contributed by atoms with Gasteiger partial charge in [-0.05, 0) is 17.7 Å². The van der Waals surface area contributed by atoms with Crippen molar-refractivity contribution in [1.29, 1.82) is 0 Å². The van der Waals surface area contributed by atoms with E-state index in [1.807, 2.05) is 0 Å². The van der Waals surface area contributed by atoms with E-state index in [9.17, 15) is 13.2 Å². The SMILES string of the molecule is COc1ccc([C@@H](C(F)F)N2CCNCC2)cc1F. The molecule has 0 unspecified atom stereocenters. The summed E-state index contributed by atoms with van der Waals surface area (Å²) in [5.74, 6) is -0.544. The van der Waals surface area contributed by atoms with Crippen LogP contribution in [0.1, 0.15) is 11.6 Å². The Kier molecular flexibility index (Phi) is 4.66. The molecule has 1 aromatic rings. The van der Waals surface area contributed by atoms with Gasteiger partial charge < -0.3 is 10.1 Å². The fourth-order valence-electron chi connectivity index (χ4n) is 2.34. The maximum atomic E-state index is 13.6. The minimum absolute atomic E-state index is 0.0667. The third-order valence-electron chi connectivity index (χ3n) is 3.30. The lowest BCUT2D eigenvalue weighted by molar-refractivity contribution is 0.0180. The van der Waals surface area contributed by atoms with Crippen LogP contribution in [0, 0.1) is 5.82 Å². The largest absolute Gasteiger partial charge is 0.494 e. The Morgan fingerprint density at radius 2 is 1.95 bits per heavy atom. The Balaban J connectivity index is 2.25. The van der Waals surface area contributed by atoms with Crippen molar-refractivity contribution in [3.63, 3.8) is 0 Å². The van der Waals surface area contributed by atoms with Gasteiger partial charge in [0.05, 0.1) is 13.2 Å². The number of alkyl halides is 2. The van der Waals surface area contributed by atoms with Crippen molar-refractivity contribution in [2.45, 2.75) is 12.5 Å². The van der Waals surface area contributed by atoms with E-state index in [-0.39, 0.29) is 11.3 Å². The highest BCUT2D eigenvalue weighted by Gasteiger charge is 2.30. The summed E-state index contributed by atoms with van der Waals surface area (Å²) in [5, 5.41) is 3.11. The van der Waals surface area contributed by atoms with Crippen molar-refractivity contribution in [2.24, 2.45) is 0 Å². The molecule has 1 heterocycles. The van der Waals surface area contributed by atoms with Crippen molar-refractivity contribution in [3.8, 4) is 5.75 Å². The van der Waals surface area contributed by atoms with Gasteiger partial charge in [0, 0.05) is 26.2 Å². The Morgan fingerprint density at radius 3 is 2.47 bits per heavy atom. The fourth-order valence-corrected chi connectivity index (χ4v) is 2.34. The van der Waals surface area contributed by atoms with Crippen LogP contribution in [0.2, 0.25) is 0 Å². The molecule has 2 rings (SSSR count). The quantitative estimate of drug-likeness (QED) is 0.909. The number of methoxy groups -OCH3 is 1. The van der Waals surface area contributed by atoms with Gasteiger partial charge in [-0.15, -0.1) is 0 Å². The highest BCUT2D eigenvalue weighted by molar-refractivity contribution is 5.31. The predicted octanol–water partition coefficient (Wildman–Crippen LogP) is 2.05. The normalized spacial score (nSPS) is 18.6. The average molecular weight is 274 g/mol. The molecule has 1 fully saturated rings. The third kappa shape index (κ3) is 3.19. The first-order valence-corrected chi connectivity index (χ1v) is 6.20. The molecular formula is C13H17F3N2O. The first kappa shape index (κ1) is 14.1. The number of ether oxygens (including phenoxy) is 1. The first-order chi connectivity index (χ1) is 9.13. The number of piperazine rings is 1. The van der Waals surface area contributed by atoms with Crippen molar-refractivity contribution in [1.82, 2.24) is 10.2 Å². The van der Waals surface area contributed by atoms with Gasteiger partial charge in [0.15, 0.2) is 11.6 Å². The van der Waals surface area contributed by atoms with Crippen LogP contribution >= 0.6 is 0 Å².